The Morgan fingerprint density at radius 1 is 0.361 bits per heavy atom. The van der Waals surface area contributed by atoms with Crippen molar-refractivity contribution in [2.24, 2.45) is 0 Å². The lowest BCUT2D eigenvalue weighted by molar-refractivity contribution is 0.590. The molecule has 6 aromatic carbocycles. The summed E-state index contributed by atoms with van der Waals surface area (Å²) in [4.78, 5) is 0. The van der Waals surface area contributed by atoms with Crippen molar-refractivity contribution < 1.29 is 0 Å². The summed E-state index contributed by atoms with van der Waals surface area (Å²) in [6, 6.07) is 46.7. The Morgan fingerprint density at radius 2 is 0.861 bits per heavy atom. The number of rotatable bonds is 3. The number of hydrogen-bond donors (Lipinski definition) is 0. The minimum Gasteiger partial charge on any atom is -0.0616 e. The monoisotopic (exact) mass is 462 g/mol. The SMILES string of the molecule is CC(C)(C)c1ccc(-c2cccc(-c3cccc(-c4ccc5c(ccc6ccccc65)c4)c3)c2)cc1. The van der Waals surface area contributed by atoms with Crippen LogP contribution in [0.1, 0.15) is 26.3 Å². The van der Waals surface area contributed by atoms with Crippen molar-refractivity contribution in [1.29, 1.82) is 0 Å². The van der Waals surface area contributed by atoms with E-state index in [-0.39, 0.29) is 5.41 Å². The molecule has 6 rings (SSSR count). The molecule has 0 N–H and O–H groups in total. The van der Waals surface area contributed by atoms with Crippen LogP contribution in [0.15, 0.2) is 127 Å². The maximum atomic E-state index is 2.31. The van der Waals surface area contributed by atoms with Crippen molar-refractivity contribution in [3.8, 4) is 33.4 Å². The Balaban J connectivity index is 1.35. The quantitative estimate of drug-likeness (QED) is 0.229. The molecule has 0 bridgehead atoms. The lowest BCUT2D eigenvalue weighted by Crippen LogP contribution is -2.10. The van der Waals surface area contributed by atoms with Crippen molar-refractivity contribution in [1.82, 2.24) is 0 Å². The Kier molecular flexibility index (Phi) is 5.46. The summed E-state index contributed by atoms with van der Waals surface area (Å²) in [5, 5.41) is 5.17. The Hall–Kier alpha value is -4.16. The van der Waals surface area contributed by atoms with Gasteiger partial charge in [-0.15, -0.1) is 0 Å². The summed E-state index contributed by atoms with van der Waals surface area (Å²) in [5.74, 6) is 0. The van der Waals surface area contributed by atoms with Gasteiger partial charge < -0.3 is 0 Å². The van der Waals surface area contributed by atoms with E-state index in [1.807, 2.05) is 0 Å². The summed E-state index contributed by atoms with van der Waals surface area (Å²) in [6.45, 7) is 6.77. The van der Waals surface area contributed by atoms with Gasteiger partial charge in [-0.3, -0.25) is 0 Å². The number of benzene rings is 6. The van der Waals surface area contributed by atoms with Gasteiger partial charge >= 0.3 is 0 Å². The fourth-order valence-electron chi connectivity index (χ4n) is 5.11. The second kappa shape index (κ2) is 8.81. The van der Waals surface area contributed by atoms with Crippen LogP contribution >= 0.6 is 0 Å². The minimum absolute atomic E-state index is 0.163. The molecule has 0 atom stereocenters. The van der Waals surface area contributed by atoms with Crippen molar-refractivity contribution in [3.63, 3.8) is 0 Å². The summed E-state index contributed by atoms with van der Waals surface area (Å²) in [6.07, 6.45) is 0. The smallest absolute Gasteiger partial charge is 0.0105 e. The maximum absolute atomic E-state index is 2.31. The lowest BCUT2D eigenvalue weighted by atomic mass is 9.86. The van der Waals surface area contributed by atoms with E-state index < -0.39 is 0 Å². The highest BCUT2D eigenvalue weighted by molar-refractivity contribution is 6.08. The van der Waals surface area contributed by atoms with Gasteiger partial charge in [0.25, 0.3) is 0 Å². The van der Waals surface area contributed by atoms with Crippen LogP contribution in [-0.2, 0) is 5.41 Å². The second-order valence-corrected chi connectivity index (χ2v) is 10.7. The fourth-order valence-corrected chi connectivity index (χ4v) is 5.11. The molecule has 0 saturated carbocycles. The van der Waals surface area contributed by atoms with Gasteiger partial charge in [-0.25, -0.2) is 0 Å². The first-order chi connectivity index (χ1) is 17.5. The molecule has 6 aromatic rings. The normalized spacial score (nSPS) is 11.8. The van der Waals surface area contributed by atoms with E-state index in [1.54, 1.807) is 0 Å². The molecular weight excluding hydrogens is 432 g/mol. The van der Waals surface area contributed by atoms with Gasteiger partial charge in [0.1, 0.15) is 0 Å². The van der Waals surface area contributed by atoms with Gasteiger partial charge in [-0.2, -0.15) is 0 Å². The van der Waals surface area contributed by atoms with Crippen LogP contribution in [0.5, 0.6) is 0 Å². The van der Waals surface area contributed by atoms with Crippen LogP contribution in [0.25, 0.3) is 54.9 Å². The molecule has 0 spiro atoms. The van der Waals surface area contributed by atoms with Gasteiger partial charge in [-0.05, 0) is 84.1 Å². The molecule has 0 heteroatoms. The third-order valence-corrected chi connectivity index (χ3v) is 7.22. The van der Waals surface area contributed by atoms with Crippen molar-refractivity contribution in [2.45, 2.75) is 26.2 Å². The highest BCUT2D eigenvalue weighted by Crippen LogP contribution is 2.33. The molecule has 0 aliphatic rings. The molecule has 0 fully saturated rings. The van der Waals surface area contributed by atoms with E-state index in [0.717, 1.165) is 0 Å². The molecule has 0 aliphatic heterocycles. The molecule has 0 aromatic heterocycles. The molecule has 36 heavy (non-hydrogen) atoms. The zero-order chi connectivity index (χ0) is 24.7. The van der Waals surface area contributed by atoms with Gasteiger partial charge in [0, 0.05) is 0 Å². The van der Waals surface area contributed by atoms with Crippen LogP contribution < -0.4 is 0 Å². The first kappa shape index (κ1) is 22.3. The van der Waals surface area contributed by atoms with Gasteiger partial charge in [-0.1, -0.05) is 130 Å². The van der Waals surface area contributed by atoms with Crippen LogP contribution in [0.3, 0.4) is 0 Å². The highest BCUT2D eigenvalue weighted by atomic mass is 14.2. The Labute approximate surface area is 213 Å². The third kappa shape index (κ3) is 4.20. The zero-order valence-corrected chi connectivity index (χ0v) is 21.1. The summed E-state index contributed by atoms with van der Waals surface area (Å²) in [7, 11) is 0. The van der Waals surface area contributed by atoms with Gasteiger partial charge in [0.15, 0.2) is 0 Å². The average molecular weight is 463 g/mol. The first-order valence-electron chi connectivity index (χ1n) is 12.7. The number of hydrogen-bond acceptors (Lipinski definition) is 0. The standard InChI is InChI=1S/C36H30/c1-36(2,3)33-19-16-25(17-20-33)27-9-6-10-28(22-27)29-11-7-12-30(23-29)31-18-21-35-32(24-31)15-14-26-8-4-5-13-34(26)35/h4-24H,1-3H3. The van der Waals surface area contributed by atoms with E-state index in [0.29, 0.717) is 0 Å². The van der Waals surface area contributed by atoms with Gasteiger partial charge in [0.05, 0.1) is 0 Å². The van der Waals surface area contributed by atoms with Crippen molar-refractivity contribution >= 4 is 21.5 Å². The predicted molar refractivity (Wildman–Crippen MR) is 156 cm³/mol. The van der Waals surface area contributed by atoms with Gasteiger partial charge in [0.2, 0.25) is 0 Å². The van der Waals surface area contributed by atoms with E-state index in [9.17, 15) is 0 Å². The molecular formula is C36H30. The van der Waals surface area contributed by atoms with Crippen LogP contribution in [0.2, 0.25) is 0 Å². The van der Waals surface area contributed by atoms with E-state index in [1.165, 1.54) is 60.5 Å². The van der Waals surface area contributed by atoms with E-state index in [4.69, 9.17) is 0 Å². The zero-order valence-electron chi connectivity index (χ0n) is 21.1. The molecule has 174 valence electrons. The van der Waals surface area contributed by atoms with Crippen LogP contribution in [0.4, 0.5) is 0 Å². The fraction of sp³-hybridized carbons (Fsp3) is 0.111. The third-order valence-electron chi connectivity index (χ3n) is 7.22. The molecule has 0 nitrogen and oxygen atoms in total. The summed E-state index contributed by atoms with van der Waals surface area (Å²) in [5.41, 5.74) is 8.98. The highest BCUT2D eigenvalue weighted by Gasteiger charge is 2.13. The van der Waals surface area contributed by atoms with Crippen molar-refractivity contribution in [2.75, 3.05) is 0 Å². The van der Waals surface area contributed by atoms with Crippen molar-refractivity contribution in [3.05, 3.63) is 133 Å². The molecule has 0 aliphatic carbocycles. The minimum atomic E-state index is 0.163. The Morgan fingerprint density at radius 3 is 1.50 bits per heavy atom. The second-order valence-electron chi connectivity index (χ2n) is 10.7. The topological polar surface area (TPSA) is 0 Å². The average Bonchev–Trinajstić information content (AvgIpc) is 2.92. The van der Waals surface area contributed by atoms with Crippen LogP contribution in [-0.4, -0.2) is 0 Å². The largest absolute Gasteiger partial charge is 0.0616 e. The Bertz CT molecular complexity index is 1700. The number of fused-ring (bicyclic) bond motifs is 3. The van der Waals surface area contributed by atoms with E-state index in [2.05, 4.69) is 148 Å². The summed E-state index contributed by atoms with van der Waals surface area (Å²) < 4.78 is 0. The summed E-state index contributed by atoms with van der Waals surface area (Å²) >= 11 is 0. The lowest BCUT2D eigenvalue weighted by Gasteiger charge is -2.19. The first-order valence-corrected chi connectivity index (χ1v) is 12.7. The van der Waals surface area contributed by atoms with Crippen LogP contribution in [0, 0.1) is 0 Å². The molecule has 0 saturated heterocycles. The maximum Gasteiger partial charge on any atom is -0.0105 e. The molecule has 0 unspecified atom stereocenters. The van der Waals surface area contributed by atoms with E-state index >= 15 is 0 Å². The molecule has 0 radical (unpaired) electrons. The molecule has 0 heterocycles. The predicted octanol–water partition coefficient (Wildman–Crippen LogP) is 10.3. The molecule has 0 amide bonds.